The van der Waals surface area contributed by atoms with Gasteiger partial charge in [0.15, 0.2) is 0 Å². The molecule has 0 amide bonds. The third kappa shape index (κ3) is 3.47. The molecule has 1 aromatic heterocycles. The molecule has 1 N–H and O–H groups in total. The molecule has 152 valence electrons. The van der Waals surface area contributed by atoms with Crippen molar-refractivity contribution >= 4 is 34.1 Å². The van der Waals surface area contributed by atoms with E-state index in [4.69, 9.17) is 27.9 Å². The fourth-order valence-electron chi connectivity index (χ4n) is 4.50. The number of benzene rings is 3. The lowest BCUT2D eigenvalue weighted by Crippen LogP contribution is -2.35. The molecule has 3 aromatic carbocycles. The largest absolute Gasteiger partial charge is 0.497 e. The van der Waals surface area contributed by atoms with Gasteiger partial charge >= 0.3 is 0 Å². The molecule has 5 heteroatoms. The molecule has 1 aliphatic rings. The Balaban J connectivity index is 1.63. The fraction of sp³-hybridized carbons (Fsp3) is 0.200. The van der Waals surface area contributed by atoms with E-state index >= 15 is 0 Å². The van der Waals surface area contributed by atoms with Crippen LogP contribution in [0.4, 0.5) is 0 Å². The standard InChI is InChI=1S/C25H22Cl2N2O/c1-30-19-8-9-24-21(13-19)22(14-28-24)25-20-5-3-2-4-16(20)10-11-29(25)15-17-6-7-18(26)12-23(17)27/h2-9,12-14,25,28H,10-11,15H2,1H3. The number of hydrogen-bond acceptors (Lipinski definition) is 2. The number of aromatic nitrogens is 1. The first-order valence-electron chi connectivity index (χ1n) is 10.0. The molecule has 0 aliphatic carbocycles. The van der Waals surface area contributed by atoms with Crippen molar-refractivity contribution in [2.45, 2.75) is 19.0 Å². The number of nitrogens with zero attached hydrogens (tertiary/aromatic N) is 1. The molecule has 0 bridgehead atoms. The zero-order valence-corrected chi connectivity index (χ0v) is 18.2. The van der Waals surface area contributed by atoms with Crippen LogP contribution in [0.2, 0.25) is 10.0 Å². The third-order valence-corrected chi connectivity index (χ3v) is 6.57. The minimum Gasteiger partial charge on any atom is -0.497 e. The first-order chi connectivity index (χ1) is 14.6. The van der Waals surface area contributed by atoms with Crippen LogP contribution in [0.25, 0.3) is 10.9 Å². The number of halogens is 2. The Morgan fingerprint density at radius 2 is 1.90 bits per heavy atom. The number of hydrogen-bond donors (Lipinski definition) is 1. The molecule has 2 heterocycles. The molecule has 0 saturated heterocycles. The smallest absolute Gasteiger partial charge is 0.119 e. The first-order valence-corrected chi connectivity index (χ1v) is 10.8. The van der Waals surface area contributed by atoms with Crippen LogP contribution in [0.3, 0.4) is 0 Å². The Morgan fingerprint density at radius 1 is 1.03 bits per heavy atom. The lowest BCUT2D eigenvalue weighted by Gasteiger charge is -2.37. The molecule has 0 saturated carbocycles. The van der Waals surface area contributed by atoms with Crippen LogP contribution < -0.4 is 4.74 Å². The van der Waals surface area contributed by atoms with E-state index in [1.807, 2.05) is 24.3 Å². The number of nitrogens with one attached hydrogen (secondary N) is 1. The SMILES string of the molecule is COc1ccc2[nH]cc(C3c4ccccc4CCN3Cc3ccc(Cl)cc3Cl)c2c1. The highest BCUT2D eigenvalue weighted by Crippen LogP contribution is 2.40. The van der Waals surface area contributed by atoms with Gasteiger partial charge in [0.05, 0.1) is 13.2 Å². The molecule has 5 rings (SSSR count). The molecule has 4 aromatic rings. The summed E-state index contributed by atoms with van der Waals surface area (Å²) in [5.41, 5.74) is 6.19. The molecule has 3 nitrogen and oxygen atoms in total. The van der Waals surface area contributed by atoms with Crippen LogP contribution in [0, 0.1) is 0 Å². The first kappa shape index (κ1) is 19.5. The van der Waals surface area contributed by atoms with Crippen LogP contribution in [0.1, 0.15) is 28.3 Å². The summed E-state index contributed by atoms with van der Waals surface area (Å²) in [7, 11) is 1.71. The predicted octanol–water partition coefficient (Wildman–Crippen LogP) is 6.63. The second-order valence-electron chi connectivity index (χ2n) is 7.71. The van der Waals surface area contributed by atoms with E-state index in [9.17, 15) is 0 Å². The highest BCUT2D eigenvalue weighted by atomic mass is 35.5. The quantitative estimate of drug-likeness (QED) is 0.388. The van der Waals surface area contributed by atoms with Crippen molar-refractivity contribution in [1.82, 2.24) is 9.88 Å². The van der Waals surface area contributed by atoms with Crippen LogP contribution in [-0.2, 0) is 13.0 Å². The lowest BCUT2D eigenvalue weighted by molar-refractivity contribution is 0.205. The van der Waals surface area contributed by atoms with Crippen molar-refractivity contribution in [3.63, 3.8) is 0 Å². The van der Waals surface area contributed by atoms with Gasteiger partial charge < -0.3 is 9.72 Å². The summed E-state index contributed by atoms with van der Waals surface area (Å²) in [4.78, 5) is 5.94. The third-order valence-electron chi connectivity index (χ3n) is 5.99. The average molecular weight is 437 g/mol. The van der Waals surface area contributed by atoms with Gasteiger partial charge in [-0.1, -0.05) is 53.5 Å². The summed E-state index contributed by atoms with van der Waals surface area (Å²) in [6, 6.07) is 20.8. The van der Waals surface area contributed by atoms with Gasteiger partial charge in [-0.3, -0.25) is 4.90 Å². The summed E-state index contributed by atoms with van der Waals surface area (Å²) in [6.45, 7) is 1.71. The molecule has 1 aliphatic heterocycles. The van der Waals surface area contributed by atoms with Gasteiger partial charge in [0.2, 0.25) is 0 Å². The molecule has 30 heavy (non-hydrogen) atoms. The Kier molecular flexibility index (Phi) is 5.20. The lowest BCUT2D eigenvalue weighted by atomic mass is 9.87. The van der Waals surface area contributed by atoms with Crippen molar-refractivity contribution in [2.24, 2.45) is 0 Å². The Bertz CT molecular complexity index is 1220. The van der Waals surface area contributed by atoms with E-state index in [0.717, 1.165) is 36.3 Å². The molecular formula is C25H22Cl2N2O. The number of rotatable bonds is 4. The monoisotopic (exact) mass is 436 g/mol. The second-order valence-corrected chi connectivity index (χ2v) is 8.56. The fourth-order valence-corrected chi connectivity index (χ4v) is 4.96. The van der Waals surface area contributed by atoms with Gasteiger partial charge in [-0.25, -0.2) is 0 Å². The van der Waals surface area contributed by atoms with Crippen LogP contribution >= 0.6 is 23.2 Å². The number of methoxy groups -OCH3 is 1. The highest BCUT2D eigenvalue weighted by Gasteiger charge is 2.30. The molecule has 0 spiro atoms. The number of fused-ring (bicyclic) bond motifs is 2. The summed E-state index contributed by atoms with van der Waals surface area (Å²) in [6.07, 6.45) is 3.15. The van der Waals surface area contributed by atoms with Crippen LogP contribution in [0.15, 0.2) is 66.9 Å². The summed E-state index contributed by atoms with van der Waals surface area (Å²) in [5.74, 6) is 0.861. The van der Waals surface area contributed by atoms with Crippen molar-refractivity contribution in [2.75, 3.05) is 13.7 Å². The summed E-state index contributed by atoms with van der Waals surface area (Å²) in [5, 5.41) is 2.55. The van der Waals surface area contributed by atoms with Gasteiger partial charge in [-0.05, 0) is 59.0 Å². The summed E-state index contributed by atoms with van der Waals surface area (Å²) >= 11 is 12.6. The highest BCUT2D eigenvalue weighted by molar-refractivity contribution is 6.35. The van der Waals surface area contributed by atoms with Gasteiger partial charge in [0.25, 0.3) is 0 Å². The Morgan fingerprint density at radius 3 is 2.73 bits per heavy atom. The average Bonchev–Trinajstić information content (AvgIpc) is 3.18. The zero-order valence-electron chi connectivity index (χ0n) is 16.7. The Labute approximate surface area is 186 Å². The zero-order chi connectivity index (χ0) is 20.7. The van der Waals surface area contributed by atoms with Gasteiger partial charge in [0, 0.05) is 40.2 Å². The molecule has 0 radical (unpaired) electrons. The minimum absolute atomic E-state index is 0.127. The van der Waals surface area contributed by atoms with Crippen LogP contribution in [-0.4, -0.2) is 23.5 Å². The second kappa shape index (κ2) is 7.99. The maximum Gasteiger partial charge on any atom is 0.119 e. The topological polar surface area (TPSA) is 28.3 Å². The van der Waals surface area contributed by atoms with E-state index in [1.54, 1.807) is 7.11 Å². The molecule has 0 fully saturated rings. The Hall–Kier alpha value is -2.46. The van der Waals surface area contributed by atoms with E-state index < -0.39 is 0 Å². The van der Waals surface area contributed by atoms with Crippen molar-refractivity contribution in [3.05, 3.63) is 99.2 Å². The van der Waals surface area contributed by atoms with Crippen molar-refractivity contribution in [3.8, 4) is 5.75 Å². The molecular weight excluding hydrogens is 415 g/mol. The minimum atomic E-state index is 0.127. The maximum atomic E-state index is 6.52. The number of aromatic amines is 1. The van der Waals surface area contributed by atoms with E-state index in [2.05, 4.69) is 52.5 Å². The predicted molar refractivity (Wildman–Crippen MR) is 124 cm³/mol. The maximum absolute atomic E-state index is 6.52. The van der Waals surface area contributed by atoms with Crippen LogP contribution in [0.5, 0.6) is 5.75 Å². The molecule has 1 atom stereocenters. The molecule has 1 unspecified atom stereocenters. The van der Waals surface area contributed by atoms with Crippen molar-refractivity contribution < 1.29 is 4.74 Å². The normalized spacial score (nSPS) is 16.6. The van der Waals surface area contributed by atoms with E-state index in [1.165, 1.54) is 22.1 Å². The van der Waals surface area contributed by atoms with E-state index in [0.29, 0.717) is 10.0 Å². The van der Waals surface area contributed by atoms with Crippen molar-refractivity contribution in [1.29, 1.82) is 0 Å². The van der Waals surface area contributed by atoms with Gasteiger partial charge in [-0.2, -0.15) is 0 Å². The number of ether oxygens (including phenoxy) is 1. The van der Waals surface area contributed by atoms with E-state index in [-0.39, 0.29) is 6.04 Å². The number of H-pyrrole nitrogens is 1. The van der Waals surface area contributed by atoms with Gasteiger partial charge in [-0.15, -0.1) is 0 Å². The van der Waals surface area contributed by atoms with Gasteiger partial charge in [0.1, 0.15) is 5.75 Å². The summed E-state index contributed by atoms with van der Waals surface area (Å²) < 4.78 is 5.50.